The number of hydrogen-bond acceptors (Lipinski definition) is 3. The van der Waals surface area contributed by atoms with Gasteiger partial charge in [0.15, 0.2) is 5.82 Å². The number of aromatic nitrogens is 3. The lowest BCUT2D eigenvalue weighted by atomic mass is 10.0. The predicted molar refractivity (Wildman–Crippen MR) is 106 cm³/mol. The fourth-order valence-corrected chi connectivity index (χ4v) is 3.88. The summed E-state index contributed by atoms with van der Waals surface area (Å²) in [7, 11) is 0. The van der Waals surface area contributed by atoms with Crippen molar-refractivity contribution in [2.45, 2.75) is 13.0 Å². The SMILES string of the molecule is Nc1[nH]nc2c1Cc1c(n(Cc3ccc(Cl)cc3)c3ccccc13)C(=O)N2. The van der Waals surface area contributed by atoms with Gasteiger partial charge < -0.3 is 15.6 Å². The van der Waals surface area contributed by atoms with Gasteiger partial charge in [-0.2, -0.15) is 5.10 Å². The largest absolute Gasteiger partial charge is 0.384 e. The number of nitrogens with zero attached hydrogens (tertiary/aromatic N) is 2. The molecule has 4 N–H and O–H groups in total. The third-order valence-electron chi connectivity index (χ3n) is 5.03. The van der Waals surface area contributed by atoms with Gasteiger partial charge in [0.1, 0.15) is 11.5 Å². The molecule has 0 atom stereocenters. The predicted octanol–water partition coefficient (Wildman–Crippen LogP) is 3.80. The van der Waals surface area contributed by atoms with Gasteiger partial charge in [-0.05, 0) is 29.3 Å². The number of benzene rings is 2. The van der Waals surface area contributed by atoms with Gasteiger partial charge in [-0.25, -0.2) is 0 Å². The van der Waals surface area contributed by atoms with E-state index < -0.39 is 0 Å². The molecule has 1 aliphatic rings. The molecule has 2 aromatic carbocycles. The van der Waals surface area contributed by atoms with Crippen LogP contribution in [0.2, 0.25) is 5.02 Å². The summed E-state index contributed by atoms with van der Waals surface area (Å²) < 4.78 is 2.05. The van der Waals surface area contributed by atoms with E-state index in [9.17, 15) is 4.79 Å². The molecule has 0 saturated heterocycles. The number of rotatable bonds is 2. The van der Waals surface area contributed by atoms with Crippen molar-refractivity contribution in [2.75, 3.05) is 11.1 Å². The molecule has 6 nitrogen and oxygen atoms in total. The average Bonchev–Trinajstić information content (AvgIpc) is 3.11. The van der Waals surface area contributed by atoms with Gasteiger partial charge in [-0.15, -0.1) is 0 Å². The maximum Gasteiger partial charge on any atom is 0.273 e. The maximum absolute atomic E-state index is 13.1. The molecule has 0 fully saturated rings. The van der Waals surface area contributed by atoms with Crippen LogP contribution < -0.4 is 11.1 Å². The van der Waals surface area contributed by atoms with Crippen LogP contribution in [0.1, 0.15) is 27.2 Å². The fourth-order valence-electron chi connectivity index (χ4n) is 3.75. The van der Waals surface area contributed by atoms with Crippen molar-refractivity contribution in [3.63, 3.8) is 0 Å². The van der Waals surface area contributed by atoms with Crippen LogP contribution in [0.3, 0.4) is 0 Å². The second-order valence-electron chi connectivity index (χ2n) is 6.65. The minimum absolute atomic E-state index is 0.180. The highest BCUT2D eigenvalue weighted by molar-refractivity contribution is 6.30. The Kier molecular flexibility index (Phi) is 3.48. The van der Waals surface area contributed by atoms with E-state index >= 15 is 0 Å². The Hall–Kier alpha value is -3.25. The maximum atomic E-state index is 13.1. The van der Waals surface area contributed by atoms with Gasteiger partial charge in [0, 0.05) is 34.5 Å². The van der Waals surface area contributed by atoms with Crippen LogP contribution in [0.15, 0.2) is 48.5 Å². The van der Waals surface area contributed by atoms with Crippen molar-refractivity contribution >= 4 is 40.0 Å². The number of para-hydroxylation sites is 1. The fraction of sp³-hybridized carbons (Fsp3) is 0.100. The number of nitrogens with two attached hydrogens (primary N) is 1. The molecule has 27 heavy (non-hydrogen) atoms. The van der Waals surface area contributed by atoms with Gasteiger partial charge in [-0.1, -0.05) is 41.9 Å². The molecule has 0 radical (unpaired) electrons. The van der Waals surface area contributed by atoms with Crippen molar-refractivity contribution in [3.8, 4) is 0 Å². The highest BCUT2D eigenvalue weighted by atomic mass is 35.5. The standard InChI is InChI=1S/C20H16ClN5O/c21-12-7-5-11(6-8-12)10-26-16-4-2-1-3-13(16)14-9-15-18(22)24-25-19(15)23-20(27)17(14)26/h1-8H,9-10H2,(H4,22,23,24,25,27). The summed E-state index contributed by atoms with van der Waals surface area (Å²) in [6.45, 7) is 0.569. The summed E-state index contributed by atoms with van der Waals surface area (Å²) in [6.07, 6.45) is 0.542. The summed E-state index contributed by atoms with van der Waals surface area (Å²) in [5.41, 5.74) is 10.5. The van der Waals surface area contributed by atoms with Crippen LogP contribution in [-0.4, -0.2) is 20.7 Å². The topological polar surface area (TPSA) is 88.7 Å². The van der Waals surface area contributed by atoms with E-state index in [1.807, 2.05) is 48.5 Å². The van der Waals surface area contributed by atoms with Crippen LogP contribution >= 0.6 is 11.6 Å². The molecule has 1 amide bonds. The lowest BCUT2D eigenvalue weighted by molar-refractivity contribution is 0.101. The van der Waals surface area contributed by atoms with Gasteiger partial charge in [0.05, 0.1) is 0 Å². The highest BCUT2D eigenvalue weighted by Gasteiger charge is 2.29. The zero-order valence-corrected chi connectivity index (χ0v) is 15.0. The Labute approximate surface area is 159 Å². The number of carbonyl (C=O) groups excluding carboxylic acids is 1. The normalized spacial score (nSPS) is 13.1. The van der Waals surface area contributed by atoms with Gasteiger partial charge in [0.25, 0.3) is 5.91 Å². The molecule has 0 aliphatic carbocycles. The molecular weight excluding hydrogens is 362 g/mol. The number of carbonyl (C=O) groups is 1. The first-order chi connectivity index (χ1) is 13.1. The first kappa shape index (κ1) is 16.0. The van der Waals surface area contributed by atoms with Crippen LogP contribution in [0.25, 0.3) is 10.9 Å². The molecule has 0 saturated carbocycles. The number of fused-ring (bicyclic) bond motifs is 4. The van der Waals surface area contributed by atoms with Crippen LogP contribution in [-0.2, 0) is 13.0 Å². The summed E-state index contributed by atoms with van der Waals surface area (Å²) in [5.74, 6) is 0.795. The lowest BCUT2D eigenvalue weighted by Gasteiger charge is -2.11. The summed E-state index contributed by atoms with van der Waals surface area (Å²) >= 11 is 6.01. The van der Waals surface area contributed by atoms with E-state index in [0.717, 1.165) is 27.6 Å². The molecular formula is C20H16ClN5O. The summed E-state index contributed by atoms with van der Waals surface area (Å²) in [6, 6.07) is 15.7. The number of halogens is 1. The van der Waals surface area contributed by atoms with Gasteiger partial charge in [0.2, 0.25) is 0 Å². The highest BCUT2D eigenvalue weighted by Crippen LogP contribution is 2.35. The smallest absolute Gasteiger partial charge is 0.273 e. The Bertz CT molecular complexity index is 1190. The Morgan fingerprint density at radius 2 is 1.89 bits per heavy atom. The average molecular weight is 378 g/mol. The number of aromatic amines is 1. The third kappa shape index (κ3) is 2.49. The monoisotopic (exact) mass is 377 g/mol. The second-order valence-corrected chi connectivity index (χ2v) is 7.09. The number of H-pyrrole nitrogens is 1. The zero-order valence-electron chi connectivity index (χ0n) is 14.3. The molecule has 1 aliphatic heterocycles. The van der Waals surface area contributed by atoms with Crippen LogP contribution in [0.5, 0.6) is 0 Å². The lowest BCUT2D eigenvalue weighted by Crippen LogP contribution is -2.18. The van der Waals surface area contributed by atoms with E-state index in [0.29, 0.717) is 35.3 Å². The minimum atomic E-state index is -0.180. The van der Waals surface area contributed by atoms with Gasteiger partial charge in [-0.3, -0.25) is 9.89 Å². The number of nitrogen functional groups attached to an aromatic ring is 1. The first-order valence-corrected chi connectivity index (χ1v) is 8.98. The molecule has 3 heterocycles. The molecule has 0 unspecified atom stereocenters. The molecule has 2 aromatic heterocycles. The van der Waals surface area contributed by atoms with Crippen LogP contribution in [0.4, 0.5) is 11.6 Å². The Balaban J connectivity index is 1.73. The number of hydrogen-bond donors (Lipinski definition) is 3. The number of amides is 1. The van der Waals surface area contributed by atoms with Crippen LogP contribution in [0, 0.1) is 0 Å². The van der Waals surface area contributed by atoms with Crippen molar-refractivity contribution in [2.24, 2.45) is 0 Å². The molecule has 134 valence electrons. The van der Waals surface area contributed by atoms with Crippen molar-refractivity contribution in [1.82, 2.24) is 14.8 Å². The Morgan fingerprint density at radius 3 is 2.70 bits per heavy atom. The van der Waals surface area contributed by atoms with E-state index in [4.69, 9.17) is 17.3 Å². The van der Waals surface area contributed by atoms with Crippen molar-refractivity contribution < 1.29 is 4.79 Å². The first-order valence-electron chi connectivity index (χ1n) is 8.60. The third-order valence-corrected chi connectivity index (χ3v) is 5.28. The van der Waals surface area contributed by atoms with E-state index in [2.05, 4.69) is 20.1 Å². The summed E-state index contributed by atoms with van der Waals surface area (Å²) in [4.78, 5) is 13.1. The molecule has 7 heteroatoms. The molecule has 5 rings (SSSR count). The molecule has 4 aromatic rings. The van der Waals surface area contributed by atoms with Gasteiger partial charge >= 0.3 is 0 Å². The number of nitrogens with one attached hydrogen (secondary N) is 2. The molecule has 0 bridgehead atoms. The summed E-state index contributed by atoms with van der Waals surface area (Å²) in [5, 5.41) is 11.5. The van der Waals surface area contributed by atoms with E-state index in [-0.39, 0.29) is 5.91 Å². The second kappa shape index (κ2) is 5.89. The van der Waals surface area contributed by atoms with E-state index in [1.165, 1.54) is 0 Å². The zero-order chi connectivity index (χ0) is 18.5. The van der Waals surface area contributed by atoms with E-state index in [1.54, 1.807) is 0 Å². The molecule has 0 spiro atoms. The minimum Gasteiger partial charge on any atom is -0.384 e. The van der Waals surface area contributed by atoms with Crippen molar-refractivity contribution in [1.29, 1.82) is 0 Å². The Morgan fingerprint density at radius 1 is 1.11 bits per heavy atom. The van der Waals surface area contributed by atoms with Crippen molar-refractivity contribution in [3.05, 3.63) is 75.9 Å². The number of anilines is 2. The quantitative estimate of drug-likeness (QED) is 0.496.